The first-order valence-electron chi connectivity index (χ1n) is 7.88. The van der Waals surface area contributed by atoms with Gasteiger partial charge in [0.2, 0.25) is 0 Å². The molecule has 0 N–H and O–H groups in total. The first kappa shape index (κ1) is 13.7. The molecule has 0 amide bonds. The minimum absolute atomic E-state index is 0.00737. The van der Waals surface area contributed by atoms with Gasteiger partial charge in [-0.25, -0.2) is 0 Å². The van der Waals surface area contributed by atoms with Crippen molar-refractivity contribution in [1.82, 2.24) is 19.9 Å². The van der Waals surface area contributed by atoms with Crippen molar-refractivity contribution in [3.63, 3.8) is 0 Å². The van der Waals surface area contributed by atoms with Crippen molar-refractivity contribution in [2.45, 2.75) is 51.4 Å². The van der Waals surface area contributed by atoms with E-state index in [0.717, 1.165) is 30.7 Å². The Kier molecular flexibility index (Phi) is 2.80. The van der Waals surface area contributed by atoms with Crippen LogP contribution in [0.3, 0.4) is 0 Å². The number of ketones is 1. The molecule has 6 heteroatoms. The summed E-state index contributed by atoms with van der Waals surface area (Å²) in [6, 6.07) is 0. The number of hydrogen-bond donors (Lipinski definition) is 0. The third kappa shape index (κ3) is 1.79. The Balaban J connectivity index is 1.85. The lowest BCUT2D eigenvalue weighted by atomic mass is 9.60. The van der Waals surface area contributed by atoms with Gasteiger partial charge in [0, 0.05) is 30.9 Å². The third-order valence-corrected chi connectivity index (χ3v) is 5.46. The Morgan fingerprint density at radius 1 is 1.36 bits per heavy atom. The van der Waals surface area contributed by atoms with Crippen LogP contribution in [0.2, 0.25) is 0 Å². The maximum atomic E-state index is 11.8. The highest BCUT2D eigenvalue weighted by Gasteiger charge is 2.47. The number of carbonyl (C=O) groups is 1. The van der Waals surface area contributed by atoms with E-state index < -0.39 is 0 Å². The van der Waals surface area contributed by atoms with E-state index in [1.807, 2.05) is 18.7 Å². The second-order valence-electron chi connectivity index (χ2n) is 6.84. The van der Waals surface area contributed by atoms with Crippen LogP contribution in [0.5, 0.6) is 0 Å². The van der Waals surface area contributed by atoms with E-state index in [-0.39, 0.29) is 5.41 Å². The van der Waals surface area contributed by atoms with Crippen LogP contribution in [0.4, 0.5) is 0 Å². The summed E-state index contributed by atoms with van der Waals surface area (Å²) in [6.07, 6.45) is 4.21. The van der Waals surface area contributed by atoms with Crippen LogP contribution in [-0.2, 0) is 23.7 Å². The molecular weight excluding hydrogens is 280 g/mol. The van der Waals surface area contributed by atoms with Crippen LogP contribution in [0.25, 0.3) is 11.6 Å². The number of aromatic nitrogens is 4. The Morgan fingerprint density at radius 3 is 2.91 bits per heavy atom. The van der Waals surface area contributed by atoms with Gasteiger partial charge in [-0.1, -0.05) is 12.1 Å². The molecule has 6 nitrogen and oxygen atoms in total. The number of nitrogens with zero attached hydrogens (tertiary/aromatic N) is 4. The SMILES string of the molecule is Cc1noc(-c2c3c(nn2C)C2(C)CCC(=O)CC2CC3)n1. The zero-order valence-corrected chi connectivity index (χ0v) is 13.2. The first-order chi connectivity index (χ1) is 10.5. The van der Waals surface area contributed by atoms with Crippen molar-refractivity contribution in [2.75, 3.05) is 0 Å². The monoisotopic (exact) mass is 300 g/mol. The molecule has 1 saturated carbocycles. The number of carbonyl (C=O) groups excluding carboxylic acids is 1. The van der Waals surface area contributed by atoms with Gasteiger partial charge >= 0.3 is 0 Å². The van der Waals surface area contributed by atoms with E-state index >= 15 is 0 Å². The molecule has 2 unspecified atom stereocenters. The first-order valence-corrected chi connectivity index (χ1v) is 7.88. The van der Waals surface area contributed by atoms with Crippen LogP contribution in [0.1, 0.15) is 49.7 Å². The maximum absolute atomic E-state index is 11.8. The summed E-state index contributed by atoms with van der Waals surface area (Å²) in [5.74, 6) is 1.99. The molecular formula is C16H20N4O2. The zero-order valence-electron chi connectivity index (χ0n) is 13.2. The predicted molar refractivity (Wildman–Crippen MR) is 79.3 cm³/mol. The van der Waals surface area contributed by atoms with Crippen LogP contribution < -0.4 is 0 Å². The van der Waals surface area contributed by atoms with Gasteiger partial charge in [-0.05, 0) is 32.1 Å². The highest BCUT2D eigenvalue weighted by molar-refractivity contribution is 5.80. The topological polar surface area (TPSA) is 73.8 Å². The molecule has 2 aromatic heterocycles. The Labute approximate surface area is 128 Å². The molecule has 2 aliphatic rings. The summed E-state index contributed by atoms with van der Waals surface area (Å²) in [5.41, 5.74) is 3.28. The molecule has 0 spiro atoms. The molecule has 2 aromatic rings. The van der Waals surface area contributed by atoms with Gasteiger partial charge < -0.3 is 4.52 Å². The molecule has 0 radical (unpaired) electrons. The van der Waals surface area contributed by atoms with Gasteiger partial charge in [0.05, 0.1) is 5.69 Å². The lowest BCUT2D eigenvalue weighted by Crippen LogP contribution is -2.42. The van der Waals surface area contributed by atoms with Crippen molar-refractivity contribution in [3.8, 4) is 11.6 Å². The summed E-state index contributed by atoms with van der Waals surface area (Å²) in [5, 5.41) is 8.70. The van der Waals surface area contributed by atoms with Crippen molar-refractivity contribution in [2.24, 2.45) is 13.0 Å². The van der Waals surface area contributed by atoms with Crippen molar-refractivity contribution < 1.29 is 9.32 Å². The van der Waals surface area contributed by atoms with Crippen molar-refractivity contribution in [3.05, 3.63) is 17.1 Å². The average Bonchev–Trinajstić information content (AvgIpc) is 3.03. The molecule has 0 bridgehead atoms. The lowest BCUT2D eigenvalue weighted by molar-refractivity contribution is -0.123. The standard InChI is InChI=1S/C16H20N4O2/c1-9-17-15(22-19-9)13-12-5-4-10-8-11(21)6-7-16(10,2)14(12)18-20(13)3/h10H,4-8H2,1-3H3. The normalized spacial score (nSPS) is 27.6. The molecule has 0 saturated heterocycles. The quantitative estimate of drug-likeness (QED) is 0.808. The number of aryl methyl sites for hydroxylation is 2. The highest BCUT2D eigenvalue weighted by Crippen LogP contribution is 2.50. The Hall–Kier alpha value is -1.98. The largest absolute Gasteiger partial charge is 0.332 e. The number of rotatable bonds is 1. The molecule has 116 valence electrons. The summed E-state index contributed by atoms with van der Waals surface area (Å²) >= 11 is 0. The van der Waals surface area contributed by atoms with E-state index in [2.05, 4.69) is 17.1 Å². The third-order valence-electron chi connectivity index (χ3n) is 5.46. The van der Waals surface area contributed by atoms with Crippen molar-refractivity contribution >= 4 is 5.78 Å². The van der Waals surface area contributed by atoms with Crippen LogP contribution >= 0.6 is 0 Å². The van der Waals surface area contributed by atoms with E-state index in [9.17, 15) is 4.79 Å². The smallest absolute Gasteiger partial charge is 0.276 e. The summed E-state index contributed by atoms with van der Waals surface area (Å²) < 4.78 is 7.23. The fraction of sp³-hybridized carbons (Fsp3) is 0.625. The second-order valence-corrected chi connectivity index (χ2v) is 6.84. The van der Waals surface area contributed by atoms with E-state index in [0.29, 0.717) is 36.3 Å². The highest BCUT2D eigenvalue weighted by atomic mass is 16.5. The fourth-order valence-corrected chi connectivity index (χ4v) is 4.18. The minimum atomic E-state index is -0.00737. The molecule has 2 atom stereocenters. The van der Waals surface area contributed by atoms with Gasteiger partial charge in [0.1, 0.15) is 11.5 Å². The molecule has 4 rings (SSSR count). The Bertz CT molecular complexity index is 760. The molecule has 1 fully saturated rings. The van der Waals surface area contributed by atoms with E-state index in [1.165, 1.54) is 5.56 Å². The lowest BCUT2D eigenvalue weighted by Gasteiger charge is -2.43. The van der Waals surface area contributed by atoms with Gasteiger partial charge in [0.15, 0.2) is 5.82 Å². The average molecular weight is 300 g/mol. The number of Topliss-reactive ketones (excluding diaryl/α,β-unsaturated/α-hetero) is 1. The van der Waals surface area contributed by atoms with Crippen molar-refractivity contribution in [1.29, 1.82) is 0 Å². The summed E-state index contributed by atoms with van der Waals surface area (Å²) in [6.45, 7) is 4.08. The van der Waals surface area contributed by atoms with E-state index in [4.69, 9.17) is 9.62 Å². The molecule has 0 aromatic carbocycles. The maximum Gasteiger partial charge on any atom is 0.276 e. The van der Waals surface area contributed by atoms with Crippen LogP contribution in [0.15, 0.2) is 4.52 Å². The zero-order chi connectivity index (χ0) is 15.5. The summed E-state index contributed by atoms with van der Waals surface area (Å²) in [7, 11) is 1.93. The molecule has 0 aliphatic heterocycles. The minimum Gasteiger partial charge on any atom is -0.332 e. The van der Waals surface area contributed by atoms with Crippen LogP contribution in [-0.4, -0.2) is 25.7 Å². The van der Waals surface area contributed by atoms with Gasteiger partial charge in [-0.2, -0.15) is 10.1 Å². The second kappa shape index (κ2) is 4.51. The molecule has 2 heterocycles. The summed E-state index contributed by atoms with van der Waals surface area (Å²) in [4.78, 5) is 16.2. The predicted octanol–water partition coefficient (Wildman–Crippen LogP) is 2.35. The van der Waals surface area contributed by atoms with Gasteiger partial charge in [-0.15, -0.1) is 0 Å². The number of fused-ring (bicyclic) bond motifs is 3. The number of hydrogen-bond acceptors (Lipinski definition) is 5. The van der Waals surface area contributed by atoms with E-state index in [1.54, 1.807) is 0 Å². The van der Waals surface area contributed by atoms with Gasteiger partial charge in [0.25, 0.3) is 5.89 Å². The van der Waals surface area contributed by atoms with Crippen LogP contribution in [0, 0.1) is 12.8 Å². The molecule has 2 aliphatic carbocycles. The molecule has 22 heavy (non-hydrogen) atoms. The fourth-order valence-electron chi connectivity index (χ4n) is 4.18. The Morgan fingerprint density at radius 2 is 2.18 bits per heavy atom. The van der Waals surface area contributed by atoms with Gasteiger partial charge in [-0.3, -0.25) is 9.48 Å².